The number of nitriles is 1. The molecule has 1 atom stereocenters. The Hall–Kier alpha value is -0.850. The van der Waals surface area contributed by atoms with Gasteiger partial charge in [0.05, 0.1) is 10.4 Å². The molecular weight excluding hydrogens is 266 g/mol. The molecule has 0 N–H and O–H groups in total. The first kappa shape index (κ1) is 13.6. The lowest BCUT2D eigenvalue weighted by Crippen LogP contribution is -2.44. The van der Waals surface area contributed by atoms with Gasteiger partial charge in [-0.2, -0.15) is 5.26 Å². The Morgan fingerprint density at radius 1 is 1.44 bits per heavy atom. The number of carbonyl (C=O) groups excluding carboxylic acids is 1. The summed E-state index contributed by atoms with van der Waals surface area (Å²) in [5.74, 6) is 0.0910. The van der Waals surface area contributed by atoms with Crippen molar-refractivity contribution in [2.75, 3.05) is 0 Å². The lowest BCUT2D eigenvalue weighted by Gasteiger charge is -2.38. The minimum absolute atomic E-state index is 0.0910. The highest BCUT2D eigenvalue weighted by atomic mass is 35.5. The van der Waals surface area contributed by atoms with E-state index in [0.717, 1.165) is 17.7 Å². The van der Waals surface area contributed by atoms with Crippen LogP contribution in [0.3, 0.4) is 0 Å². The first-order valence-corrected chi connectivity index (χ1v) is 7.29. The molecule has 0 aliphatic heterocycles. The number of rotatable bonds is 2. The molecule has 4 heteroatoms. The molecule has 0 spiro atoms. The maximum absolute atomic E-state index is 12.6. The van der Waals surface area contributed by atoms with E-state index in [1.807, 2.05) is 26.0 Å². The van der Waals surface area contributed by atoms with Crippen LogP contribution in [0.15, 0.2) is 12.1 Å². The van der Waals surface area contributed by atoms with Crippen LogP contribution in [0.5, 0.6) is 0 Å². The van der Waals surface area contributed by atoms with Gasteiger partial charge in [-0.3, -0.25) is 4.79 Å². The van der Waals surface area contributed by atoms with E-state index >= 15 is 0 Å². The zero-order valence-electron chi connectivity index (χ0n) is 10.6. The zero-order valence-corrected chi connectivity index (χ0v) is 12.2. The van der Waals surface area contributed by atoms with E-state index in [2.05, 4.69) is 6.07 Å². The Balaban J connectivity index is 2.31. The molecule has 0 amide bonds. The summed E-state index contributed by atoms with van der Waals surface area (Å²) >= 11 is 7.37. The summed E-state index contributed by atoms with van der Waals surface area (Å²) in [6.45, 7) is 3.89. The Labute approximate surface area is 117 Å². The molecule has 1 aliphatic rings. The van der Waals surface area contributed by atoms with Crippen LogP contribution < -0.4 is 0 Å². The van der Waals surface area contributed by atoms with Crippen molar-refractivity contribution in [1.82, 2.24) is 0 Å². The van der Waals surface area contributed by atoms with Gasteiger partial charge in [0.25, 0.3) is 0 Å². The molecule has 0 aromatic carbocycles. The molecule has 1 unspecified atom stereocenters. The van der Waals surface area contributed by atoms with Gasteiger partial charge in [0, 0.05) is 16.7 Å². The lowest BCUT2D eigenvalue weighted by atomic mass is 9.61. The van der Waals surface area contributed by atoms with Gasteiger partial charge in [-0.25, -0.2) is 0 Å². The molecule has 2 nitrogen and oxygen atoms in total. The number of halogens is 1. The summed E-state index contributed by atoms with van der Waals surface area (Å²) in [6, 6.07) is 6.04. The van der Waals surface area contributed by atoms with Crippen LogP contribution in [0.25, 0.3) is 0 Å². The molecule has 1 heterocycles. The third-order valence-corrected chi connectivity index (χ3v) is 5.00. The van der Waals surface area contributed by atoms with E-state index in [1.165, 1.54) is 11.3 Å². The maximum Gasteiger partial charge on any atom is 0.159 e. The van der Waals surface area contributed by atoms with E-state index in [0.29, 0.717) is 17.2 Å². The van der Waals surface area contributed by atoms with Gasteiger partial charge in [0.2, 0.25) is 0 Å². The Bertz CT molecular complexity index is 514. The summed E-state index contributed by atoms with van der Waals surface area (Å²) in [6.07, 6.45) is 2.98. The third-order valence-electron chi connectivity index (χ3n) is 3.77. The van der Waals surface area contributed by atoms with E-state index in [9.17, 15) is 10.1 Å². The third kappa shape index (κ3) is 2.32. The molecule has 0 saturated heterocycles. The molecular formula is C14H16ClNOS. The first-order chi connectivity index (χ1) is 8.39. The van der Waals surface area contributed by atoms with Gasteiger partial charge in [-0.15, -0.1) is 11.3 Å². The van der Waals surface area contributed by atoms with Gasteiger partial charge in [-0.1, -0.05) is 31.9 Å². The van der Waals surface area contributed by atoms with Gasteiger partial charge in [0.1, 0.15) is 5.41 Å². The number of hydrogen-bond donors (Lipinski definition) is 0. The van der Waals surface area contributed by atoms with Gasteiger partial charge in [0.15, 0.2) is 5.78 Å². The smallest absolute Gasteiger partial charge is 0.159 e. The number of hydrogen-bond acceptors (Lipinski definition) is 3. The van der Waals surface area contributed by atoms with Crippen molar-refractivity contribution in [2.24, 2.45) is 10.8 Å². The molecule has 2 rings (SSSR count). The Kier molecular flexibility index (Phi) is 3.53. The number of carbonyl (C=O) groups is 1. The lowest BCUT2D eigenvalue weighted by molar-refractivity contribution is -0.138. The average molecular weight is 282 g/mol. The monoisotopic (exact) mass is 281 g/mol. The largest absolute Gasteiger partial charge is 0.297 e. The minimum atomic E-state index is -0.851. The molecule has 18 heavy (non-hydrogen) atoms. The summed E-state index contributed by atoms with van der Waals surface area (Å²) < 4.78 is 0.709. The second-order valence-electron chi connectivity index (χ2n) is 5.64. The van der Waals surface area contributed by atoms with Gasteiger partial charge < -0.3 is 0 Å². The van der Waals surface area contributed by atoms with Gasteiger partial charge >= 0.3 is 0 Å². The van der Waals surface area contributed by atoms with E-state index in [1.54, 1.807) is 0 Å². The van der Waals surface area contributed by atoms with Crippen LogP contribution in [0.4, 0.5) is 0 Å². The van der Waals surface area contributed by atoms with Crippen molar-refractivity contribution in [2.45, 2.75) is 39.5 Å². The predicted octanol–water partition coefficient (Wildman–Crippen LogP) is 4.23. The summed E-state index contributed by atoms with van der Waals surface area (Å²) in [4.78, 5) is 13.6. The number of ketones is 1. The van der Waals surface area contributed by atoms with Crippen molar-refractivity contribution in [3.05, 3.63) is 21.3 Å². The van der Waals surface area contributed by atoms with E-state index in [-0.39, 0.29) is 11.2 Å². The molecule has 1 aromatic heterocycles. The summed E-state index contributed by atoms with van der Waals surface area (Å²) in [5, 5.41) is 9.51. The number of nitrogens with zero attached hydrogens (tertiary/aromatic N) is 1. The number of thiophene rings is 1. The van der Waals surface area contributed by atoms with Crippen LogP contribution in [0, 0.1) is 22.2 Å². The molecule has 0 radical (unpaired) electrons. The molecule has 0 bridgehead atoms. The van der Waals surface area contributed by atoms with Crippen LogP contribution in [-0.4, -0.2) is 5.78 Å². The Morgan fingerprint density at radius 3 is 2.72 bits per heavy atom. The fourth-order valence-corrected chi connectivity index (χ4v) is 3.97. The van der Waals surface area contributed by atoms with Gasteiger partial charge in [-0.05, 0) is 25.0 Å². The van der Waals surface area contributed by atoms with Crippen LogP contribution in [0.1, 0.15) is 38.0 Å². The summed E-state index contributed by atoms with van der Waals surface area (Å²) in [7, 11) is 0. The number of Topliss-reactive ketones (excluding diaryl/α,β-unsaturated/α-hetero) is 1. The fourth-order valence-electron chi connectivity index (χ4n) is 2.77. The molecule has 1 aromatic rings. The summed E-state index contributed by atoms with van der Waals surface area (Å²) in [5.41, 5.74) is -1.23. The highest BCUT2D eigenvalue weighted by molar-refractivity contribution is 7.16. The predicted molar refractivity (Wildman–Crippen MR) is 73.7 cm³/mol. The van der Waals surface area contributed by atoms with Crippen molar-refractivity contribution in [1.29, 1.82) is 5.26 Å². The van der Waals surface area contributed by atoms with E-state index < -0.39 is 5.41 Å². The molecule has 96 valence electrons. The van der Waals surface area contributed by atoms with Crippen molar-refractivity contribution < 1.29 is 4.79 Å². The van der Waals surface area contributed by atoms with Crippen molar-refractivity contribution in [3.63, 3.8) is 0 Å². The van der Waals surface area contributed by atoms with Crippen molar-refractivity contribution >= 4 is 28.7 Å². The normalized spacial score (nSPS) is 26.9. The molecule has 1 aliphatic carbocycles. The fraction of sp³-hybridized carbons (Fsp3) is 0.571. The second-order valence-corrected chi connectivity index (χ2v) is 7.44. The SMILES string of the molecule is CC1(C)CCCC(C#N)(Cc2ccc(Cl)s2)C1=O. The van der Waals surface area contributed by atoms with E-state index in [4.69, 9.17) is 11.6 Å². The maximum atomic E-state index is 12.6. The highest BCUT2D eigenvalue weighted by Crippen LogP contribution is 2.45. The quantitative estimate of drug-likeness (QED) is 0.814. The minimum Gasteiger partial charge on any atom is -0.297 e. The van der Waals surface area contributed by atoms with Crippen LogP contribution >= 0.6 is 22.9 Å². The second kappa shape index (κ2) is 4.68. The highest BCUT2D eigenvalue weighted by Gasteiger charge is 2.49. The zero-order chi connectivity index (χ0) is 13.4. The standard InChI is InChI=1S/C14H16ClNOS/c1-13(2)6-3-7-14(9-16,12(13)17)8-10-4-5-11(15)18-10/h4-5H,3,6-8H2,1-2H3. The van der Waals surface area contributed by atoms with Crippen LogP contribution in [-0.2, 0) is 11.2 Å². The van der Waals surface area contributed by atoms with Crippen LogP contribution in [0.2, 0.25) is 4.34 Å². The molecule has 1 saturated carbocycles. The molecule has 1 fully saturated rings. The topological polar surface area (TPSA) is 40.9 Å². The average Bonchev–Trinajstić information content (AvgIpc) is 2.71. The first-order valence-electron chi connectivity index (χ1n) is 6.10. The van der Waals surface area contributed by atoms with Crippen molar-refractivity contribution in [3.8, 4) is 6.07 Å². The Morgan fingerprint density at radius 2 is 2.17 bits per heavy atom.